The van der Waals surface area contributed by atoms with Gasteiger partial charge in [-0.15, -0.1) is 0 Å². The smallest absolute Gasteiger partial charge is 0.183 e. The van der Waals surface area contributed by atoms with E-state index in [1.165, 1.54) is 0 Å². The lowest BCUT2D eigenvalue weighted by Crippen LogP contribution is -2.08. The van der Waals surface area contributed by atoms with E-state index < -0.39 is 0 Å². The highest BCUT2D eigenvalue weighted by atomic mass is 16.7. The summed E-state index contributed by atoms with van der Waals surface area (Å²) in [4.78, 5) is 0. The lowest BCUT2D eigenvalue weighted by Gasteiger charge is -2.07. The average Bonchev–Trinajstić information content (AvgIpc) is 2.52. The maximum atomic E-state index is 5.24. The van der Waals surface area contributed by atoms with Gasteiger partial charge in [-0.25, -0.2) is 0 Å². The SMILES string of the molecule is C=C(/C=C\CC)C1OCCO1. The Morgan fingerprint density at radius 2 is 2.18 bits per heavy atom. The van der Waals surface area contributed by atoms with Crippen LogP contribution in [0.15, 0.2) is 24.3 Å². The van der Waals surface area contributed by atoms with E-state index in [1.54, 1.807) is 0 Å². The second-order valence-corrected chi connectivity index (χ2v) is 2.46. The summed E-state index contributed by atoms with van der Waals surface area (Å²) in [5.41, 5.74) is 0.907. The average molecular weight is 154 g/mol. The molecular weight excluding hydrogens is 140 g/mol. The molecule has 2 nitrogen and oxygen atoms in total. The van der Waals surface area contributed by atoms with Gasteiger partial charge in [-0.05, 0) is 6.42 Å². The van der Waals surface area contributed by atoms with E-state index in [2.05, 4.69) is 13.5 Å². The van der Waals surface area contributed by atoms with Gasteiger partial charge in [0.1, 0.15) is 0 Å². The Balaban J connectivity index is 2.34. The fraction of sp³-hybridized carbons (Fsp3) is 0.556. The van der Waals surface area contributed by atoms with Crippen molar-refractivity contribution >= 4 is 0 Å². The molecule has 0 aliphatic carbocycles. The van der Waals surface area contributed by atoms with Crippen LogP contribution in [0.25, 0.3) is 0 Å². The molecule has 0 aromatic rings. The van der Waals surface area contributed by atoms with Gasteiger partial charge in [0, 0.05) is 5.57 Å². The van der Waals surface area contributed by atoms with Gasteiger partial charge in [-0.3, -0.25) is 0 Å². The molecule has 0 aromatic carbocycles. The Kier molecular flexibility index (Phi) is 3.33. The van der Waals surface area contributed by atoms with Crippen molar-refractivity contribution in [3.8, 4) is 0 Å². The molecule has 0 unspecified atom stereocenters. The van der Waals surface area contributed by atoms with Crippen LogP contribution in [-0.4, -0.2) is 19.5 Å². The minimum atomic E-state index is -0.196. The summed E-state index contributed by atoms with van der Waals surface area (Å²) in [6.45, 7) is 7.29. The third-order valence-electron chi connectivity index (χ3n) is 1.49. The van der Waals surface area contributed by atoms with Crippen LogP contribution in [0.4, 0.5) is 0 Å². The fourth-order valence-electron chi connectivity index (χ4n) is 0.920. The van der Waals surface area contributed by atoms with E-state index in [-0.39, 0.29) is 6.29 Å². The Labute approximate surface area is 67.5 Å². The topological polar surface area (TPSA) is 18.5 Å². The van der Waals surface area contributed by atoms with Crippen LogP contribution < -0.4 is 0 Å². The molecule has 0 atom stereocenters. The van der Waals surface area contributed by atoms with E-state index in [0.717, 1.165) is 12.0 Å². The molecule has 1 heterocycles. The second kappa shape index (κ2) is 4.31. The van der Waals surface area contributed by atoms with Gasteiger partial charge >= 0.3 is 0 Å². The van der Waals surface area contributed by atoms with Crippen LogP contribution in [0.3, 0.4) is 0 Å². The van der Waals surface area contributed by atoms with Crippen LogP contribution in [0.2, 0.25) is 0 Å². The Hall–Kier alpha value is -0.600. The number of ether oxygens (including phenoxy) is 2. The second-order valence-electron chi connectivity index (χ2n) is 2.46. The summed E-state index contributed by atoms with van der Waals surface area (Å²) < 4.78 is 10.5. The standard InChI is InChI=1S/C9H14O2/c1-3-4-5-8(2)9-10-6-7-11-9/h4-5,9H,2-3,6-7H2,1H3/b5-4-. The number of allylic oxidation sites excluding steroid dienone is 1. The first kappa shape index (κ1) is 8.50. The molecule has 1 rings (SSSR count). The quantitative estimate of drug-likeness (QED) is 0.578. The third kappa shape index (κ3) is 2.48. The summed E-state index contributed by atoms with van der Waals surface area (Å²) in [7, 11) is 0. The normalized spacial score (nSPS) is 19.7. The van der Waals surface area contributed by atoms with Crippen LogP contribution >= 0.6 is 0 Å². The van der Waals surface area contributed by atoms with Gasteiger partial charge in [0.05, 0.1) is 13.2 Å². The molecular formula is C9H14O2. The monoisotopic (exact) mass is 154 g/mol. The summed E-state index contributed by atoms with van der Waals surface area (Å²) in [6.07, 6.45) is 4.83. The van der Waals surface area contributed by atoms with E-state index >= 15 is 0 Å². The zero-order valence-electron chi connectivity index (χ0n) is 6.88. The molecule has 0 bridgehead atoms. The summed E-state index contributed by atoms with van der Waals surface area (Å²) >= 11 is 0. The predicted octanol–water partition coefficient (Wildman–Crippen LogP) is 1.88. The first-order chi connectivity index (χ1) is 5.34. The van der Waals surface area contributed by atoms with E-state index in [4.69, 9.17) is 9.47 Å². The molecule has 11 heavy (non-hydrogen) atoms. The molecule has 0 radical (unpaired) electrons. The molecule has 0 N–H and O–H groups in total. The van der Waals surface area contributed by atoms with Crippen molar-refractivity contribution in [2.45, 2.75) is 19.6 Å². The molecule has 1 aliphatic heterocycles. The molecule has 62 valence electrons. The first-order valence-electron chi connectivity index (χ1n) is 3.93. The highest BCUT2D eigenvalue weighted by Crippen LogP contribution is 2.13. The predicted molar refractivity (Wildman–Crippen MR) is 44.3 cm³/mol. The summed E-state index contributed by atoms with van der Waals surface area (Å²) in [5.74, 6) is 0. The highest BCUT2D eigenvalue weighted by Gasteiger charge is 2.16. The fourth-order valence-corrected chi connectivity index (χ4v) is 0.920. The lowest BCUT2D eigenvalue weighted by atomic mass is 10.2. The Morgan fingerprint density at radius 1 is 1.55 bits per heavy atom. The number of hydrogen-bond acceptors (Lipinski definition) is 2. The van der Waals surface area contributed by atoms with Gasteiger partial charge < -0.3 is 9.47 Å². The van der Waals surface area contributed by atoms with Crippen molar-refractivity contribution < 1.29 is 9.47 Å². The minimum Gasteiger partial charge on any atom is -0.346 e. The van der Waals surface area contributed by atoms with Crippen molar-refractivity contribution in [3.05, 3.63) is 24.3 Å². The first-order valence-corrected chi connectivity index (χ1v) is 3.93. The van der Waals surface area contributed by atoms with E-state index in [1.807, 2.05) is 12.2 Å². The molecule has 0 aromatic heterocycles. The van der Waals surface area contributed by atoms with Crippen LogP contribution in [-0.2, 0) is 9.47 Å². The highest BCUT2D eigenvalue weighted by molar-refractivity contribution is 5.17. The maximum absolute atomic E-state index is 5.24. The maximum Gasteiger partial charge on any atom is 0.183 e. The molecule has 1 saturated heterocycles. The van der Waals surface area contributed by atoms with Gasteiger partial charge in [-0.2, -0.15) is 0 Å². The Bertz CT molecular complexity index is 155. The van der Waals surface area contributed by atoms with Crippen molar-refractivity contribution in [2.24, 2.45) is 0 Å². The van der Waals surface area contributed by atoms with Crippen molar-refractivity contribution in [3.63, 3.8) is 0 Å². The van der Waals surface area contributed by atoms with Crippen molar-refractivity contribution in [2.75, 3.05) is 13.2 Å². The van der Waals surface area contributed by atoms with Crippen molar-refractivity contribution in [1.82, 2.24) is 0 Å². The molecule has 2 heteroatoms. The molecule has 0 spiro atoms. The summed E-state index contributed by atoms with van der Waals surface area (Å²) in [6, 6.07) is 0. The third-order valence-corrected chi connectivity index (χ3v) is 1.49. The van der Waals surface area contributed by atoms with Crippen molar-refractivity contribution in [1.29, 1.82) is 0 Å². The number of hydrogen-bond donors (Lipinski definition) is 0. The van der Waals surface area contributed by atoms with Crippen LogP contribution in [0, 0.1) is 0 Å². The van der Waals surface area contributed by atoms with Gasteiger partial charge in [0.25, 0.3) is 0 Å². The largest absolute Gasteiger partial charge is 0.346 e. The van der Waals surface area contributed by atoms with Crippen LogP contribution in [0.1, 0.15) is 13.3 Å². The van der Waals surface area contributed by atoms with Gasteiger partial charge in [-0.1, -0.05) is 25.7 Å². The Morgan fingerprint density at radius 3 is 2.73 bits per heavy atom. The molecule has 0 saturated carbocycles. The molecule has 1 fully saturated rings. The molecule has 1 aliphatic rings. The minimum absolute atomic E-state index is 0.196. The van der Waals surface area contributed by atoms with E-state index in [0.29, 0.717) is 13.2 Å². The van der Waals surface area contributed by atoms with Gasteiger partial charge in [0.15, 0.2) is 6.29 Å². The number of rotatable bonds is 3. The van der Waals surface area contributed by atoms with Crippen LogP contribution in [0.5, 0.6) is 0 Å². The van der Waals surface area contributed by atoms with Gasteiger partial charge in [0.2, 0.25) is 0 Å². The summed E-state index contributed by atoms with van der Waals surface area (Å²) in [5, 5.41) is 0. The zero-order chi connectivity index (χ0) is 8.10. The molecule has 0 amide bonds. The zero-order valence-corrected chi connectivity index (χ0v) is 6.88. The lowest BCUT2D eigenvalue weighted by molar-refractivity contribution is -0.00800. The van der Waals surface area contributed by atoms with E-state index in [9.17, 15) is 0 Å².